The molecule has 14 heteroatoms. The molecule has 2 rings (SSSR count). The van der Waals surface area contributed by atoms with Crippen LogP contribution in [0.5, 0.6) is 0 Å². The fraction of sp³-hybridized carbons (Fsp3) is 0.785. The lowest BCUT2D eigenvalue weighted by Gasteiger charge is -2.46. The van der Waals surface area contributed by atoms with Gasteiger partial charge in [0.15, 0.2) is 12.6 Å². The molecule has 538 valence electrons. The minimum Gasteiger partial charge on any atom is -0.394 e. The quantitative estimate of drug-likeness (QED) is 0.0204. The highest BCUT2D eigenvalue weighted by atomic mass is 16.7. The number of aliphatic hydroxyl groups excluding tert-OH is 8. The zero-order valence-electron chi connectivity index (χ0n) is 58.7. The van der Waals surface area contributed by atoms with Crippen molar-refractivity contribution in [3.05, 3.63) is 97.2 Å². The lowest BCUT2D eigenvalue weighted by atomic mass is 9.97. The van der Waals surface area contributed by atoms with Crippen LogP contribution in [-0.2, 0) is 23.7 Å². The minimum absolute atomic E-state index is 0.251. The molecule has 1 amide bonds. The summed E-state index contributed by atoms with van der Waals surface area (Å²) < 4.78 is 22.9. The van der Waals surface area contributed by atoms with Crippen molar-refractivity contribution >= 4 is 5.91 Å². The summed E-state index contributed by atoms with van der Waals surface area (Å²) in [5.41, 5.74) is 0. The van der Waals surface area contributed by atoms with Crippen LogP contribution in [0.25, 0.3) is 0 Å². The summed E-state index contributed by atoms with van der Waals surface area (Å²) in [5.74, 6) is -0.251. The van der Waals surface area contributed by atoms with Crippen molar-refractivity contribution in [3.8, 4) is 0 Å². The zero-order chi connectivity index (χ0) is 67.3. The molecule has 0 saturated carbocycles. The lowest BCUT2D eigenvalue weighted by Crippen LogP contribution is -2.65. The van der Waals surface area contributed by atoms with Gasteiger partial charge in [0.1, 0.15) is 48.8 Å². The molecule has 0 aromatic rings. The summed E-state index contributed by atoms with van der Waals surface area (Å²) in [6.45, 7) is 2.71. The van der Waals surface area contributed by atoms with Gasteiger partial charge >= 0.3 is 0 Å². The van der Waals surface area contributed by atoms with Gasteiger partial charge in [0.2, 0.25) is 5.91 Å². The molecule has 93 heavy (non-hydrogen) atoms. The maximum absolute atomic E-state index is 13.4. The smallest absolute Gasteiger partial charge is 0.220 e. The Morgan fingerprint density at radius 3 is 1.14 bits per heavy atom. The summed E-state index contributed by atoms with van der Waals surface area (Å²) in [5, 5.41) is 87.6. The van der Waals surface area contributed by atoms with Gasteiger partial charge in [0.05, 0.1) is 32.0 Å². The third kappa shape index (κ3) is 45.9. The van der Waals surface area contributed by atoms with Crippen molar-refractivity contribution in [2.75, 3.05) is 19.8 Å². The molecule has 0 aromatic carbocycles. The standard InChI is InChI=1S/C79H139NO13/c1-3-5-7-9-11-13-15-17-19-21-23-25-27-29-31-33-35-36-38-40-42-44-46-48-50-52-54-56-58-60-62-68(83)67(66-90-78-76(89)74(87)77(70(65-82)92-78)93-79-75(88)73(86)72(85)69(64-81)91-79)80-71(84)63-61-59-57-55-53-51-49-47-45-43-41-39-37-34-32-30-28-26-24-22-20-18-16-14-12-10-8-6-4-2/h6,8,12,14,18,20,24,26,30,32,37,39,43,45,60,62,67-70,72-79,81-83,85-89H,3-5,7,9-11,13,15-17,19,21-23,25,27-29,31,33-36,38,40-42,44,46-59,61,63-66H2,1-2H3,(H,80,84)/b8-6-,14-12-,20-18-,26-24-,32-30-,39-37-,45-43-,62-60+. The van der Waals surface area contributed by atoms with Crippen LogP contribution >= 0.6 is 0 Å². The van der Waals surface area contributed by atoms with Crippen LogP contribution in [0, 0.1) is 0 Å². The van der Waals surface area contributed by atoms with Gasteiger partial charge in [-0.15, -0.1) is 0 Å². The van der Waals surface area contributed by atoms with Crippen molar-refractivity contribution in [1.82, 2.24) is 5.32 Å². The Labute approximate surface area is 566 Å². The van der Waals surface area contributed by atoms with E-state index in [4.69, 9.17) is 18.9 Å². The topological polar surface area (TPSA) is 228 Å². The molecule has 0 spiro atoms. The highest BCUT2D eigenvalue weighted by molar-refractivity contribution is 5.76. The van der Waals surface area contributed by atoms with Crippen molar-refractivity contribution in [2.24, 2.45) is 0 Å². The number of ether oxygens (including phenoxy) is 4. The monoisotopic (exact) mass is 1310 g/mol. The van der Waals surface area contributed by atoms with E-state index in [0.717, 1.165) is 103 Å². The number of aliphatic hydroxyl groups is 8. The molecule has 2 aliphatic heterocycles. The molecule has 12 unspecified atom stereocenters. The second kappa shape index (κ2) is 62.4. The predicted molar refractivity (Wildman–Crippen MR) is 383 cm³/mol. The number of rotatable bonds is 62. The first-order chi connectivity index (χ1) is 45.6. The molecule has 0 radical (unpaired) electrons. The Morgan fingerprint density at radius 1 is 0.398 bits per heavy atom. The van der Waals surface area contributed by atoms with E-state index in [1.807, 2.05) is 6.08 Å². The van der Waals surface area contributed by atoms with Crippen LogP contribution in [0.4, 0.5) is 0 Å². The van der Waals surface area contributed by atoms with Crippen molar-refractivity contribution in [1.29, 1.82) is 0 Å². The Kier molecular flexibility index (Phi) is 57.7. The summed E-state index contributed by atoms with van der Waals surface area (Å²) in [6, 6.07) is -0.930. The van der Waals surface area contributed by atoms with Gasteiger partial charge in [-0.1, -0.05) is 317 Å². The number of allylic oxidation sites excluding steroid dienone is 15. The number of amides is 1. The van der Waals surface area contributed by atoms with Crippen molar-refractivity contribution < 1.29 is 64.6 Å². The first kappa shape index (κ1) is 86.0. The Morgan fingerprint density at radius 2 is 0.742 bits per heavy atom. The molecule has 0 bridgehead atoms. The molecule has 2 fully saturated rings. The van der Waals surface area contributed by atoms with E-state index in [2.05, 4.69) is 104 Å². The van der Waals surface area contributed by atoms with E-state index in [1.165, 1.54) is 173 Å². The number of carbonyl (C=O) groups is 1. The third-order valence-electron chi connectivity index (χ3n) is 18.0. The first-order valence-electron chi connectivity index (χ1n) is 38.0. The van der Waals surface area contributed by atoms with E-state index in [9.17, 15) is 45.6 Å². The van der Waals surface area contributed by atoms with Gasteiger partial charge in [-0.25, -0.2) is 0 Å². The highest BCUT2D eigenvalue weighted by Crippen LogP contribution is 2.30. The fourth-order valence-electron chi connectivity index (χ4n) is 12.0. The van der Waals surface area contributed by atoms with Crippen LogP contribution in [-0.4, -0.2) is 140 Å². The summed E-state index contributed by atoms with van der Waals surface area (Å²) in [7, 11) is 0. The van der Waals surface area contributed by atoms with E-state index in [1.54, 1.807) is 6.08 Å². The fourth-order valence-corrected chi connectivity index (χ4v) is 12.0. The molecule has 2 heterocycles. The number of unbranched alkanes of at least 4 members (excludes halogenated alkanes) is 35. The van der Waals surface area contributed by atoms with E-state index in [-0.39, 0.29) is 18.9 Å². The molecular weight excluding hydrogens is 1170 g/mol. The van der Waals surface area contributed by atoms with Gasteiger partial charge in [0.25, 0.3) is 0 Å². The van der Waals surface area contributed by atoms with Crippen LogP contribution in [0.1, 0.15) is 303 Å². The van der Waals surface area contributed by atoms with E-state index >= 15 is 0 Å². The van der Waals surface area contributed by atoms with Crippen molar-refractivity contribution in [2.45, 2.75) is 376 Å². The van der Waals surface area contributed by atoms with Crippen LogP contribution < -0.4 is 5.32 Å². The van der Waals surface area contributed by atoms with Crippen LogP contribution in [0.2, 0.25) is 0 Å². The molecule has 2 aliphatic rings. The molecule has 9 N–H and O–H groups in total. The number of hydrogen-bond acceptors (Lipinski definition) is 13. The Balaban J connectivity index is 1.67. The molecule has 0 aliphatic carbocycles. The summed E-state index contributed by atoms with van der Waals surface area (Å²) >= 11 is 0. The minimum atomic E-state index is -1.80. The molecular formula is C79H139NO13. The first-order valence-corrected chi connectivity index (χ1v) is 38.0. The largest absolute Gasteiger partial charge is 0.394 e. The molecule has 0 aromatic heterocycles. The average molecular weight is 1310 g/mol. The third-order valence-corrected chi connectivity index (χ3v) is 18.0. The van der Waals surface area contributed by atoms with Gasteiger partial charge in [-0.3, -0.25) is 4.79 Å². The van der Waals surface area contributed by atoms with Gasteiger partial charge in [-0.05, 0) is 77.0 Å². The maximum atomic E-state index is 13.4. The highest BCUT2D eigenvalue weighted by Gasteiger charge is 2.51. The Bertz CT molecular complexity index is 1930. The van der Waals surface area contributed by atoms with Gasteiger partial charge < -0.3 is 65.1 Å². The van der Waals surface area contributed by atoms with Crippen molar-refractivity contribution in [3.63, 3.8) is 0 Å². The molecule has 14 nitrogen and oxygen atoms in total. The molecule has 12 atom stereocenters. The SMILES string of the molecule is CC/C=C\C/C=C\C/C=C\C/C=C\C/C=C\C/C=C\C/C=C\CCCCCCCCCC(=O)NC(COC1OC(CO)C(OC2OC(CO)C(O)C(O)C2O)C(O)C1O)C(O)/C=C/CCCCCCCCCCCCCCCCCCCCCCCCCCCCCC. The number of carbonyl (C=O) groups excluding carboxylic acids is 1. The number of hydrogen-bond donors (Lipinski definition) is 9. The average Bonchev–Trinajstić information content (AvgIpc) is 0.854. The normalized spacial score (nSPS) is 23.1. The Hall–Kier alpha value is -3.09. The van der Waals surface area contributed by atoms with Crippen LogP contribution in [0.15, 0.2) is 97.2 Å². The molecule has 2 saturated heterocycles. The van der Waals surface area contributed by atoms with E-state index < -0.39 is 86.8 Å². The zero-order valence-corrected chi connectivity index (χ0v) is 58.7. The summed E-state index contributed by atoms with van der Waals surface area (Å²) in [6.07, 6.45) is 71.8. The lowest BCUT2D eigenvalue weighted by molar-refractivity contribution is -0.359. The van der Waals surface area contributed by atoms with Gasteiger partial charge in [-0.2, -0.15) is 0 Å². The van der Waals surface area contributed by atoms with Crippen LogP contribution in [0.3, 0.4) is 0 Å². The maximum Gasteiger partial charge on any atom is 0.220 e. The number of nitrogens with one attached hydrogen (secondary N) is 1. The van der Waals surface area contributed by atoms with E-state index in [0.29, 0.717) is 6.42 Å². The van der Waals surface area contributed by atoms with Gasteiger partial charge in [0, 0.05) is 6.42 Å². The second-order valence-corrected chi connectivity index (χ2v) is 26.4. The second-order valence-electron chi connectivity index (χ2n) is 26.4. The predicted octanol–water partition coefficient (Wildman–Crippen LogP) is 16.5. The summed E-state index contributed by atoms with van der Waals surface area (Å²) in [4.78, 5) is 13.4.